The summed E-state index contributed by atoms with van der Waals surface area (Å²) in [6.07, 6.45) is -1.03. The van der Waals surface area contributed by atoms with E-state index in [1.165, 1.54) is 6.07 Å². The zero-order valence-electron chi connectivity index (χ0n) is 13.7. The SMILES string of the molecule is O=C(O)c1cc(C2CC2)c(OCC2(C(F)(F)F)CCCCC2)cc1F. The summed E-state index contributed by atoms with van der Waals surface area (Å²) >= 11 is 0. The van der Waals surface area contributed by atoms with E-state index < -0.39 is 35.5 Å². The molecule has 0 amide bonds. The number of benzene rings is 1. The van der Waals surface area contributed by atoms with E-state index in [1.807, 2.05) is 0 Å². The molecule has 0 aliphatic heterocycles. The highest BCUT2D eigenvalue weighted by molar-refractivity contribution is 5.88. The molecular formula is C18H20F4O3. The van der Waals surface area contributed by atoms with Crippen LogP contribution in [0, 0.1) is 11.2 Å². The van der Waals surface area contributed by atoms with E-state index in [0.717, 1.165) is 25.3 Å². The van der Waals surface area contributed by atoms with Crippen molar-refractivity contribution in [2.75, 3.05) is 6.61 Å². The van der Waals surface area contributed by atoms with Crippen LogP contribution >= 0.6 is 0 Å². The van der Waals surface area contributed by atoms with Crippen molar-refractivity contribution in [3.05, 3.63) is 29.1 Å². The Morgan fingerprint density at radius 2 is 1.84 bits per heavy atom. The summed E-state index contributed by atoms with van der Waals surface area (Å²) in [6, 6.07) is 2.12. The van der Waals surface area contributed by atoms with Gasteiger partial charge in [0.1, 0.15) is 18.2 Å². The molecule has 2 fully saturated rings. The number of halogens is 4. The Labute approximate surface area is 143 Å². The molecule has 3 rings (SSSR count). The molecule has 1 N–H and O–H groups in total. The van der Waals surface area contributed by atoms with E-state index in [-0.39, 0.29) is 24.5 Å². The number of carboxylic acid groups (broad SMARTS) is 1. The van der Waals surface area contributed by atoms with Gasteiger partial charge < -0.3 is 9.84 Å². The molecule has 0 unspecified atom stereocenters. The van der Waals surface area contributed by atoms with Crippen molar-refractivity contribution in [1.29, 1.82) is 0 Å². The van der Waals surface area contributed by atoms with Crippen LogP contribution in [0.3, 0.4) is 0 Å². The fourth-order valence-corrected chi connectivity index (χ4v) is 3.53. The third-order valence-electron chi connectivity index (χ3n) is 5.26. The molecule has 2 saturated carbocycles. The Morgan fingerprint density at radius 1 is 1.20 bits per heavy atom. The first-order chi connectivity index (χ1) is 11.7. The molecule has 0 radical (unpaired) electrons. The summed E-state index contributed by atoms with van der Waals surface area (Å²) in [5.41, 5.74) is -1.89. The lowest BCUT2D eigenvalue weighted by molar-refractivity contribution is -0.243. The van der Waals surface area contributed by atoms with Crippen molar-refractivity contribution < 1.29 is 32.2 Å². The van der Waals surface area contributed by atoms with Gasteiger partial charge in [-0.25, -0.2) is 9.18 Å². The molecule has 3 nitrogen and oxygen atoms in total. The van der Waals surface area contributed by atoms with Gasteiger partial charge in [0.2, 0.25) is 0 Å². The van der Waals surface area contributed by atoms with Gasteiger partial charge in [-0.05, 0) is 43.2 Å². The van der Waals surface area contributed by atoms with Crippen LogP contribution in [0.4, 0.5) is 17.6 Å². The minimum absolute atomic E-state index is 0.00491. The molecule has 0 atom stereocenters. The van der Waals surface area contributed by atoms with E-state index in [2.05, 4.69) is 0 Å². The third-order valence-corrected chi connectivity index (χ3v) is 5.26. The fourth-order valence-electron chi connectivity index (χ4n) is 3.53. The number of ether oxygens (including phenoxy) is 1. The molecule has 138 valence electrons. The van der Waals surface area contributed by atoms with Crippen LogP contribution < -0.4 is 4.74 Å². The number of hydrogen-bond donors (Lipinski definition) is 1. The maximum absolute atomic E-state index is 14.0. The predicted octanol–water partition coefficient (Wildman–Crippen LogP) is 5.29. The highest BCUT2D eigenvalue weighted by Gasteiger charge is 2.55. The van der Waals surface area contributed by atoms with Gasteiger partial charge in [-0.3, -0.25) is 0 Å². The van der Waals surface area contributed by atoms with E-state index in [1.54, 1.807) is 0 Å². The largest absolute Gasteiger partial charge is 0.492 e. The lowest BCUT2D eigenvalue weighted by atomic mass is 9.74. The van der Waals surface area contributed by atoms with Crippen LogP contribution in [0.25, 0.3) is 0 Å². The normalized spacial score (nSPS) is 20.3. The number of aromatic carboxylic acids is 1. The van der Waals surface area contributed by atoms with E-state index >= 15 is 0 Å². The van der Waals surface area contributed by atoms with E-state index in [9.17, 15) is 22.4 Å². The molecule has 2 aliphatic rings. The van der Waals surface area contributed by atoms with Crippen molar-refractivity contribution in [2.45, 2.75) is 57.0 Å². The zero-order chi connectivity index (χ0) is 18.2. The number of hydrogen-bond acceptors (Lipinski definition) is 2. The second-order valence-corrected chi connectivity index (χ2v) is 7.08. The molecule has 25 heavy (non-hydrogen) atoms. The predicted molar refractivity (Wildman–Crippen MR) is 82.4 cm³/mol. The van der Waals surface area contributed by atoms with Crippen molar-refractivity contribution in [2.24, 2.45) is 5.41 Å². The van der Waals surface area contributed by atoms with Crippen LogP contribution in [-0.4, -0.2) is 23.9 Å². The first-order valence-electron chi connectivity index (χ1n) is 8.50. The molecule has 0 aromatic heterocycles. The van der Waals surface area contributed by atoms with Gasteiger partial charge in [-0.15, -0.1) is 0 Å². The van der Waals surface area contributed by atoms with Crippen molar-refractivity contribution >= 4 is 5.97 Å². The lowest BCUT2D eigenvalue weighted by Gasteiger charge is -2.38. The molecule has 0 heterocycles. The van der Waals surface area contributed by atoms with Crippen LogP contribution in [0.5, 0.6) is 5.75 Å². The Morgan fingerprint density at radius 3 is 2.36 bits per heavy atom. The Bertz CT molecular complexity index is 659. The minimum atomic E-state index is -4.38. The lowest BCUT2D eigenvalue weighted by Crippen LogP contribution is -2.44. The van der Waals surface area contributed by atoms with Crippen molar-refractivity contribution in [1.82, 2.24) is 0 Å². The smallest absolute Gasteiger partial charge is 0.397 e. The zero-order valence-corrected chi connectivity index (χ0v) is 13.7. The molecule has 0 spiro atoms. The van der Waals surface area contributed by atoms with Crippen LogP contribution in [0.1, 0.15) is 66.8 Å². The monoisotopic (exact) mass is 360 g/mol. The van der Waals surface area contributed by atoms with Gasteiger partial charge in [0.25, 0.3) is 0 Å². The maximum atomic E-state index is 14.0. The van der Waals surface area contributed by atoms with Gasteiger partial charge in [-0.1, -0.05) is 19.3 Å². The summed E-state index contributed by atoms with van der Waals surface area (Å²) in [6.45, 7) is -0.553. The van der Waals surface area contributed by atoms with Gasteiger partial charge in [0.05, 0.1) is 11.0 Å². The Kier molecular flexibility index (Phi) is 4.68. The van der Waals surface area contributed by atoms with Crippen molar-refractivity contribution in [3.63, 3.8) is 0 Å². The quantitative estimate of drug-likeness (QED) is 0.726. The van der Waals surface area contributed by atoms with E-state index in [0.29, 0.717) is 18.4 Å². The average Bonchev–Trinajstić information content (AvgIpc) is 3.37. The first kappa shape index (κ1) is 18.0. The second-order valence-electron chi connectivity index (χ2n) is 7.08. The molecule has 2 aliphatic carbocycles. The van der Waals surface area contributed by atoms with Crippen LogP contribution in [-0.2, 0) is 0 Å². The number of carbonyl (C=O) groups is 1. The molecule has 7 heteroatoms. The van der Waals surface area contributed by atoms with Gasteiger partial charge in [-0.2, -0.15) is 13.2 Å². The molecule has 0 bridgehead atoms. The summed E-state index contributed by atoms with van der Waals surface area (Å²) in [5, 5.41) is 9.04. The van der Waals surface area contributed by atoms with Crippen molar-refractivity contribution in [3.8, 4) is 5.75 Å². The molecule has 0 saturated heterocycles. The van der Waals surface area contributed by atoms with E-state index in [4.69, 9.17) is 9.84 Å². The standard InChI is InChI=1S/C18H20F4O3/c19-14-9-15(12(11-4-5-11)8-13(14)16(23)24)25-10-17(18(20,21)22)6-2-1-3-7-17/h8-9,11H,1-7,10H2,(H,23,24). The topological polar surface area (TPSA) is 46.5 Å². The van der Waals surface area contributed by atoms with Crippen LogP contribution in [0.2, 0.25) is 0 Å². The molecular weight excluding hydrogens is 340 g/mol. The Hall–Kier alpha value is -1.79. The summed E-state index contributed by atoms with van der Waals surface area (Å²) < 4.78 is 60.2. The molecule has 1 aromatic rings. The van der Waals surface area contributed by atoms with Gasteiger partial charge in [0, 0.05) is 6.07 Å². The summed E-state index contributed by atoms with van der Waals surface area (Å²) in [7, 11) is 0. The number of carboxylic acids is 1. The summed E-state index contributed by atoms with van der Waals surface area (Å²) in [4.78, 5) is 11.1. The highest BCUT2D eigenvalue weighted by Crippen LogP contribution is 2.50. The number of alkyl halides is 3. The second kappa shape index (κ2) is 6.50. The Balaban J connectivity index is 1.87. The molecule has 1 aromatic carbocycles. The minimum Gasteiger partial charge on any atom is -0.492 e. The first-order valence-corrected chi connectivity index (χ1v) is 8.50. The van der Waals surface area contributed by atoms with Crippen LogP contribution in [0.15, 0.2) is 12.1 Å². The maximum Gasteiger partial charge on any atom is 0.397 e. The summed E-state index contributed by atoms with van der Waals surface area (Å²) in [5.74, 6) is -2.32. The average molecular weight is 360 g/mol. The van der Waals surface area contributed by atoms with Gasteiger partial charge in [0.15, 0.2) is 0 Å². The fraction of sp³-hybridized carbons (Fsp3) is 0.611. The van der Waals surface area contributed by atoms with Gasteiger partial charge >= 0.3 is 12.1 Å². The third kappa shape index (κ3) is 3.60. The number of rotatable bonds is 5. The highest BCUT2D eigenvalue weighted by atomic mass is 19.4.